The van der Waals surface area contributed by atoms with E-state index in [1.165, 1.54) is 23.3 Å². The number of nitrogens with zero attached hydrogens (tertiary/aromatic N) is 1. The number of carbonyl (C=O) groups excluding carboxylic acids is 1. The van der Waals surface area contributed by atoms with Gasteiger partial charge in [-0.3, -0.25) is 4.90 Å². The second kappa shape index (κ2) is 4.53. The first-order valence-corrected chi connectivity index (χ1v) is 5.89. The maximum Gasteiger partial charge on any atom is 0.348 e. The Morgan fingerprint density at radius 2 is 2.31 bits per heavy atom. The number of methoxy groups -OCH3 is 2. The molecule has 1 atom stereocenters. The van der Waals surface area contributed by atoms with Crippen molar-refractivity contribution >= 4 is 17.3 Å². The summed E-state index contributed by atoms with van der Waals surface area (Å²) in [6.07, 6.45) is 0.0587. The van der Waals surface area contributed by atoms with Crippen LogP contribution in [0.4, 0.5) is 0 Å². The highest BCUT2D eigenvalue weighted by Gasteiger charge is 2.27. The quantitative estimate of drug-likeness (QED) is 0.738. The average Bonchev–Trinajstić information content (AvgIpc) is 2.70. The number of likely N-dealkylation sites (N-methyl/N-ethyl adjacent to an activating group) is 1. The lowest BCUT2D eigenvalue weighted by molar-refractivity contribution is 0.0583. The first-order valence-electron chi connectivity index (χ1n) is 5.08. The number of fused-ring (bicyclic) bond motifs is 1. The van der Waals surface area contributed by atoms with Crippen molar-refractivity contribution in [1.29, 1.82) is 0 Å². The van der Waals surface area contributed by atoms with Crippen LogP contribution < -0.4 is 0 Å². The van der Waals surface area contributed by atoms with E-state index in [0.29, 0.717) is 4.88 Å². The van der Waals surface area contributed by atoms with Gasteiger partial charge in [-0.05, 0) is 18.7 Å². The van der Waals surface area contributed by atoms with Crippen LogP contribution in [-0.4, -0.2) is 38.7 Å². The van der Waals surface area contributed by atoms with Gasteiger partial charge < -0.3 is 9.47 Å². The van der Waals surface area contributed by atoms with Crippen LogP contribution in [0.3, 0.4) is 0 Å². The van der Waals surface area contributed by atoms with Gasteiger partial charge in [0.2, 0.25) is 0 Å². The van der Waals surface area contributed by atoms with Crippen molar-refractivity contribution < 1.29 is 14.3 Å². The van der Waals surface area contributed by atoms with E-state index in [1.807, 2.05) is 13.1 Å². The zero-order valence-corrected chi connectivity index (χ0v) is 10.5. The van der Waals surface area contributed by atoms with Gasteiger partial charge in [0.05, 0.1) is 13.2 Å². The molecule has 0 aliphatic carbocycles. The Balaban J connectivity index is 2.34. The number of ether oxygens (including phenoxy) is 2. The molecule has 1 aliphatic heterocycles. The number of hydrogen-bond acceptors (Lipinski definition) is 5. The van der Waals surface area contributed by atoms with Gasteiger partial charge in [-0.15, -0.1) is 11.3 Å². The summed E-state index contributed by atoms with van der Waals surface area (Å²) in [7, 11) is 5.15. The summed E-state index contributed by atoms with van der Waals surface area (Å²) in [4.78, 5) is 15.5. The Morgan fingerprint density at radius 3 is 2.94 bits per heavy atom. The van der Waals surface area contributed by atoms with Crippen molar-refractivity contribution in [3.63, 3.8) is 0 Å². The Morgan fingerprint density at radius 1 is 1.56 bits per heavy atom. The van der Waals surface area contributed by atoms with Crippen LogP contribution >= 0.6 is 11.3 Å². The molecular weight excluding hydrogens is 226 g/mol. The number of carbonyl (C=O) groups is 1. The van der Waals surface area contributed by atoms with E-state index in [9.17, 15) is 4.79 Å². The van der Waals surface area contributed by atoms with Crippen LogP contribution in [0.5, 0.6) is 0 Å². The molecule has 0 amide bonds. The van der Waals surface area contributed by atoms with E-state index in [1.54, 1.807) is 7.11 Å². The Hall–Kier alpha value is -0.910. The van der Waals surface area contributed by atoms with Crippen molar-refractivity contribution in [1.82, 2.24) is 4.90 Å². The Labute approximate surface area is 98.8 Å². The third-order valence-electron chi connectivity index (χ3n) is 2.75. The molecule has 1 aromatic heterocycles. The lowest BCUT2D eigenvalue weighted by Crippen LogP contribution is -2.29. The fourth-order valence-corrected chi connectivity index (χ4v) is 3.14. The van der Waals surface area contributed by atoms with Crippen molar-refractivity contribution in [2.45, 2.75) is 12.6 Å². The minimum atomic E-state index is -0.267. The monoisotopic (exact) mass is 241 g/mol. The maximum absolute atomic E-state index is 11.4. The summed E-state index contributed by atoms with van der Waals surface area (Å²) in [6, 6.07) is 1.90. The second-order valence-electron chi connectivity index (χ2n) is 3.90. The van der Waals surface area contributed by atoms with Gasteiger partial charge in [-0.2, -0.15) is 0 Å². The molecule has 0 saturated heterocycles. The molecule has 0 radical (unpaired) electrons. The first kappa shape index (κ1) is 11.6. The molecule has 4 nitrogen and oxygen atoms in total. The summed E-state index contributed by atoms with van der Waals surface area (Å²) >= 11 is 1.49. The number of hydrogen-bond donors (Lipinski definition) is 0. The average molecular weight is 241 g/mol. The summed E-state index contributed by atoms with van der Waals surface area (Å²) in [5, 5.41) is 0. The van der Waals surface area contributed by atoms with Gasteiger partial charge in [-0.25, -0.2) is 4.79 Å². The lowest BCUT2D eigenvalue weighted by atomic mass is 10.1. The van der Waals surface area contributed by atoms with Crippen LogP contribution in [-0.2, 0) is 16.0 Å². The fraction of sp³-hybridized carbons (Fsp3) is 0.545. The summed E-state index contributed by atoms with van der Waals surface area (Å²) < 4.78 is 10.2. The molecule has 0 N–H and O–H groups in total. The molecule has 2 heterocycles. The van der Waals surface area contributed by atoms with Crippen molar-refractivity contribution in [2.24, 2.45) is 0 Å². The molecule has 1 aliphatic rings. The molecule has 0 spiro atoms. The van der Waals surface area contributed by atoms with Gasteiger partial charge in [-0.1, -0.05) is 0 Å². The van der Waals surface area contributed by atoms with E-state index >= 15 is 0 Å². The topological polar surface area (TPSA) is 38.8 Å². The standard InChI is InChI=1S/C11H15NO3S/c1-12-5-8(14-2)7-4-9(11(13)15-3)16-10(7)6-12/h4,8H,5-6H2,1-3H3. The molecule has 0 aromatic carbocycles. The molecule has 0 saturated carbocycles. The summed E-state index contributed by atoms with van der Waals surface area (Å²) in [5.74, 6) is -0.267. The molecule has 0 bridgehead atoms. The summed E-state index contributed by atoms with van der Waals surface area (Å²) in [5.41, 5.74) is 1.13. The minimum Gasteiger partial charge on any atom is -0.465 e. The van der Waals surface area contributed by atoms with Gasteiger partial charge >= 0.3 is 5.97 Å². The predicted octanol–water partition coefficient (Wildman–Crippen LogP) is 1.67. The van der Waals surface area contributed by atoms with Crippen molar-refractivity contribution in [2.75, 3.05) is 27.8 Å². The van der Waals surface area contributed by atoms with Crippen molar-refractivity contribution in [3.8, 4) is 0 Å². The van der Waals surface area contributed by atoms with E-state index in [-0.39, 0.29) is 12.1 Å². The molecular formula is C11H15NO3S. The number of thiophene rings is 1. The third kappa shape index (κ3) is 1.98. The van der Waals surface area contributed by atoms with Crippen LogP contribution in [0.1, 0.15) is 26.2 Å². The molecule has 1 aromatic rings. The predicted molar refractivity (Wildman–Crippen MR) is 61.7 cm³/mol. The van der Waals surface area contributed by atoms with E-state index in [4.69, 9.17) is 9.47 Å². The lowest BCUT2D eigenvalue weighted by Gasteiger charge is -2.28. The molecule has 1 unspecified atom stereocenters. The van der Waals surface area contributed by atoms with Gasteiger partial charge in [0, 0.05) is 25.1 Å². The van der Waals surface area contributed by atoms with Gasteiger partial charge in [0.25, 0.3) is 0 Å². The molecule has 2 rings (SSSR count). The third-order valence-corrected chi connectivity index (χ3v) is 3.87. The normalized spacial score (nSPS) is 20.6. The van der Waals surface area contributed by atoms with E-state index in [2.05, 4.69) is 4.90 Å². The number of rotatable bonds is 2. The summed E-state index contributed by atoms with van der Waals surface area (Å²) in [6.45, 7) is 1.73. The zero-order valence-electron chi connectivity index (χ0n) is 9.65. The first-order chi connectivity index (χ1) is 7.65. The van der Waals surface area contributed by atoms with Crippen molar-refractivity contribution in [3.05, 3.63) is 21.4 Å². The largest absolute Gasteiger partial charge is 0.465 e. The number of esters is 1. The van der Waals surface area contributed by atoms with Crippen LogP contribution in [0.15, 0.2) is 6.07 Å². The zero-order chi connectivity index (χ0) is 11.7. The highest BCUT2D eigenvalue weighted by molar-refractivity contribution is 7.14. The van der Waals surface area contributed by atoms with Crippen LogP contribution in [0, 0.1) is 0 Å². The molecule has 16 heavy (non-hydrogen) atoms. The molecule has 0 fully saturated rings. The minimum absolute atomic E-state index is 0.0587. The van der Waals surface area contributed by atoms with Crippen LogP contribution in [0.2, 0.25) is 0 Å². The second-order valence-corrected chi connectivity index (χ2v) is 5.04. The Bertz CT molecular complexity index is 402. The highest BCUT2D eigenvalue weighted by atomic mass is 32.1. The molecule has 5 heteroatoms. The maximum atomic E-state index is 11.4. The smallest absolute Gasteiger partial charge is 0.348 e. The van der Waals surface area contributed by atoms with Crippen LogP contribution in [0.25, 0.3) is 0 Å². The van der Waals surface area contributed by atoms with E-state index in [0.717, 1.165) is 18.7 Å². The van der Waals surface area contributed by atoms with Gasteiger partial charge in [0.1, 0.15) is 4.88 Å². The Kier molecular flexibility index (Phi) is 3.28. The fourth-order valence-electron chi connectivity index (χ4n) is 1.93. The van der Waals surface area contributed by atoms with Gasteiger partial charge in [0.15, 0.2) is 0 Å². The molecule has 88 valence electrons. The van der Waals surface area contributed by atoms with E-state index < -0.39 is 0 Å². The highest BCUT2D eigenvalue weighted by Crippen LogP contribution is 2.34. The SMILES string of the molecule is COC(=O)c1cc2c(s1)CN(C)CC2OC.